The van der Waals surface area contributed by atoms with Gasteiger partial charge in [-0.3, -0.25) is 4.79 Å². The number of rotatable bonds is 1. The quantitative estimate of drug-likeness (QED) is 0.655. The van der Waals surface area contributed by atoms with Crippen molar-refractivity contribution in [2.24, 2.45) is 0 Å². The second kappa shape index (κ2) is 5.26. The van der Waals surface area contributed by atoms with Gasteiger partial charge in [0.15, 0.2) is 5.78 Å². The number of fused-ring (bicyclic) bond motifs is 1. The maximum Gasteiger partial charge on any atom is 0.163 e. The van der Waals surface area contributed by atoms with E-state index in [4.69, 9.17) is 0 Å². The van der Waals surface area contributed by atoms with Gasteiger partial charge in [0, 0.05) is 12.0 Å². The molecule has 2 aliphatic rings. The fraction of sp³-hybridized carbons (Fsp3) is 0.588. The first-order valence-corrected chi connectivity index (χ1v) is 7.50. The summed E-state index contributed by atoms with van der Waals surface area (Å²) in [4.78, 5) is 12.1. The molecule has 0 N–H and O–H groups in total. The van der Waals surface area contributed by atoms with Crippen molar-refractivity contribution in [3.05, 3.63) is 34.9 Å². The summed E-state index contributed by atoms with van der Waals surface area (Å²) < 4.78 is 0. The third-order valence-corrected chi connectivity index (χ3v) is 4.61. The molecule has 0 aliphatic heterocycles. The van der Waals surface area contributed by atoms with Crippen LogP contribution < -0.4 is 0 Å². The monoisotopic (exact) mass is 242 g/mol. The summed E-state index contributed by atoms with van der Waals surface area (Å²) in [5, 5.41) is 0. The van der Waals surface area contributed by atoms with Crippen molar-refractivity contribution in [1.29, 1.82) is 0 Å². The van der Waals surface area contributed by atoms with Gasteiger partial charge < -0.3 is 0 Å². The predicted molar refractivity (Wildman–Crippen MR) is 74.2 cm³/mol. The average molecular weight is 242 g/mol. The van der Waals surface area contributed by atoms with Crippen LogP contribution in [-0.2, 0) is 6.42 Å². The Labute approximate surface area is 110 Å². The molecule has 0 atom stereocenters. The molecule has 1 heteroatoms. The van der Waals surface area contributed by atoms with Crippen LogP contribution >= 0.6 is 0 Å². The summed E-state index contributed by atoms with van der Waals surface area (Å²) in [6, 6.07) is 6.73. The number of benzene rings is 1. The highest BCUT2D eigenvalue weighted by Crippen LogP contribution is 2.34. The molecule has 0 saturated heterocycles. The second-order valence-corrected chi connectivity index (χ2v) is 5.88. The Hall–Kier alpha value is -1.11. The lowest BCUT2D eigenvalue weighted by Crippen LogP contribution is -2.07. The first-order valence-electron chi connectivity index (χ1n) is 7.50. The van der Waals surface area contributed by atoms with Crippen LogP contribution in [0.3, 0.4) is 0 Å². The fourth-order valence-corrected chi connectivity index (χ4v) is 3.50. The summed E-state index contributed by atoms with van der Waals surface area (Å²) in [6.07, 6.45) is 10.8. The minimum Gasteiger partial charge on any atom is -0.294 e. The Balaban J connectivity index is 1.91. The van der Waals surface area contributed by atoms with Crippen LogP contribution in [0.5, 0.6) is 0 Å². The number of carbonyl (C=O) groups is 1. The van der Waals surface area contributed by atoms with Crippen molar-refractivity contribution in [1.82, 2.24) is 0 Å². The number of aryl methyl sites for hydroxylation is 1. The number of ketones is 1. The largest absolute Gasteiger partial charge is 0.294 e. The van der Waals surface area contributed by atoms with E-state index < -0.39 is 0 Å². The molecule has 18 heavy (non-hydrogen) atoms. The van der Waals surface area contributed by atoms with Crippen LogP contribution in [0.2, 0.25) is 0 Å². The van der Waals surface area contributed by atoms with Gasteiger partial charge in [-0.1, -0.05) is 31.4 Å². The van der Waals surface area contributed by atoms with Crippen LogP contribution in [0.4, 0.5) is 0 Å². The zero-order chi connectivity index (χ0) is 12.4. The summed E-state index contributed by atoms with van der Waals surface area (Å²) in [6.45, 7) is 0. The minimum absolute atomic E-state index is 0.375. The molecule has 1 aromatic rings. The van der Waals surface area contributed by atoms with Crippen LogP contribution in [0.15, 0.2) is 18.2 Å². The van der Waals surface area contributed by atoms with Gasteiger partial charge >= 0.3 is 0 Å². The highest BCUT2D eigenvalue weighted by molar-refractivity contribution is 5.98. The SMILES string of the molecule is O=C1CCCCc2ccc(C3CCCCC3)cc21. The van der Waals surface area contributed by atoms with Gasteiger partial charge in [-0.25, -0.2) is 0 Å². The molecule has 0 radical (unpaired) electrons. The van der Waals surface area contributed by atoms with Crippen molar-refractivity contribution < 1.29 is 4.79 Å². The predicted octanol–water partition coefficient (Wildman–Crippen LogP) is 4.64. The fourth-order valence-electron chi connectivity index (χ4n) is 3.50. The molecular formula is C17H22O. The lowest BCUT2D eigenvalue weighted by molar-refractivity contribution is 0.0982. The van der Waals surface area contributed by atoms with E-state index in [1.807, 2.05) is 0 Å². The Kier molecular flexibility index (Phi) is 3.49. The standard InChI is InChI=1S/C17H22O/c18-17-9-5-4-8-14-10-11-15(12-16(14)17)13-6-2-1-3-7-13/h10-13H,1-9H2. The maximum atomic E-state index is 12.1. The Morgan fingerprint density at radius 2 is 1.67 bits per heavy atom. The number of Topliss-reactive ketones (excluding diaryl/α,β-unsaturated/α-hetero) is 1. The lowest BCUT2D eigenvalue weighted by Gasteiger charge is -2.22. The summed E-state index contributed by atoms with van der Waals surface area (Å²) in [5.41, 5.74) is 3.75. The first kappa shape index (κ1) is 12.0. The molecule has 2 aliphatic carbocycles. The van der Waals surface area contributed by atoms with Gasteiger partial charge in [0.1, 0.15) is 0 Å². The van der Waals surface area contributed by atoms with Gasteiger partial charge in [0.05, 0.1) is 0 Å². The molecule has 3 rings (SSSR count). The Bertz CT molecular complexity index is 441. The van der Waals surface area contributed by atoms with Gasteiger partial charge in [-0.15, -0.1) is 0 Å². The van der Waals surface area contributed by atoms with Crippen molar-refractivity contribution in [2.45, 2.75) is 63.7 Å². The van der Waals surface area contributed by atoms with Gasteiger partial charge in [-0.05, 0) is 55.2 Å². The van der Waals surface area contributed by atoms with Crippen LogP contribution in [0.25, 0.3) is 0 Å². The van der Waals surface area contributed by atoms with E-state index in [-0.39, 0.29) is 0 Å². The van der Waals surface area contributed by atoms with E-state index in [2.05, 4.69) is 18.2 Å². The van der Waals surface area contributed by atoms with Gasteiger partial charge in [0.25, 0.3) is 0 Å². The molecule has 0 amide bonds. The molecule has 1 fully saturated rings. The van der Waals surface area contributed by atoms with Gasteiger partial charge in [-0.2, -0.15) is 0 Å². The van der Waals surface area contributed by atoms with E-state index >= 15 is 0 Å². The number of hydrogen-bond donors (Lipinski definition) is 0. The molecule has 1 nitrogen and oxygen atoms in total. The number of carbonyl (C=O) groups excluding carboxylic acids is 1. The highest BCUT2D eigenvalue weighted by atomic mass is 16.1. The summed E-state index contributed by atoms with van der Waals surface area (Å²) in [5.74, 6) is 1.08. The lowest BCUT2D eigenvalue weighted by atomic mass is 9.82. The third kappa shape index (κ3) is 2.36. The highest BCUT2D eigenvalue weighted by Gasteiger charge is 2.20. The molecule has 1 aromatic carbocycles. The van der Waals surface area contributed by atoms with Crippen molar-refractivity contribution in [3.8, 4) is 0 Å². The smallest absolute Gasteiger partial charge is 0.163 e. The van der Waals surface area contributed by atoms with Crippen LogP contribution in [-0.4, -0.2) is 5.78 Å². The molecule has 0 unspecified atom stereocenters. The van der Waals surface area contributed by atoms with E-state index in [0.29, 0.717) is 11.7 Å². The number of hydrogen-bond acceptors (Lipinski definition) is 1. The molecular weight excluding hydrogens is 220 g/mol. The maximum absolute atomic E-state index is 12.1. The molecule has 0 spiro atoms. The Morgan fingerprint density at radius 1 is 0.889 bits per heavy atom. The average Bonchev–Trinajstić information content (AvgIpc) is 2.62. The second-order valence-electron chi connectivity index (χ2n) is 5.88. The molecule has 0 aromatic heterocycles. The minimum atomic E-state index is 0.375. The summed E-state index contributed by atoms with van der Waals surface area (Å²) >= 11 is 0. The summed E-state index contributed by atoms with van der Waals surface area (Å²) in [7, 11) is 0. The molecule has 96 valence electrons. The van der Waals surface area contributed by atoms with E-state index in [0.717, 1.165) is 24.8 Å². The topological polar surface area (TPSA) is 17.1 Å². The zero-order valence-electron chi connectivity index (χ0n) is 11.1. The third-order valence-electron chi connectivity index (χ3n) is 4.61. The van der Waals surface area contributed by atoms with Crippen molar-refractivity contribution >= 4 is 5.78 Å². The van der Waals surface area contributed by atoms with Crippen LogP contribution in [0.1, 0.15) is 78.8 Å². The van der Waals surface area contributed by atoms with E-state index in [9.17, 15) is 4.79 Å². The Morgan fingerprint density at radius 3 is 2.50 bits per heavy atom. The zero-order valence-corrected chi connectivity index (χ0v) is 11.1. The molecule has 0 heterocycles. The first-order chi connectivity index (χ1) is 8.84. The van der Waals surface area contributed by atoms with Crippen molar-refractivity contribution in [2.75, 3.05) is 0 Å². The van der Waals surface area contributed by atoms with Crippen molar-refractivity contribution in [3.63, 3.8) is 0 Å². The van der Waals surface area contributed by atoms with E-state index in [1.165, 1.54) is 49.7 Å². The molecule has 1 saturated carbocycles. The van der Waals surface area contributed by atoms with Gasteiger partial charge in [0.2, 0.25) is 0 Å². The molecule has 0 bridgehead atoms. The van der Waals surface area contributed by atoms with E-state index in [1.54, 1.807) is 0 Å². The van der Waals surface area contributed by atoms with Crippen LogP contribution in [0, 0.1) is 0 Å². The normalized spacial score (nSPS) is 21.4.